The van der Waals surface area contributed by atoms with E-state index < -0.39 is 0 Å². The van der Waals surface area contributed by atoms with E-state index in [1.807, 2.05) is 31.2 Å². The average Bonchev–Trinajstić information content (AvgIpc) is 3.15. The van der Waals surface area contributed by atoms with E-state index in [1.54, 1.807) is 16.5 Å². The van der Waals surface area contributed by atoms with Crippen LogP contribution in [-0.2, 0) is 14.3 Å². The van der Waals surface area contributed by atoms with Gasteiger partial charge in [0, 0.05) is 13.1 Å². The van der Waals surface area contributed by atoms with Crippen molar-refractivity contribution < 1.29 is 14.3 Å². The Labute approximate surface area is 162 Å². The Hall–Kier alpha value is -2.42. The van der Waals surface area contributed by atoms with Gasteiger partial charge in [-0.1, -0.05) is 29.5 Å². The first-order valence-electron chi connectivity index (χ1n) is 9.01. The van der Waals surface area contributed by atoms with Crippen LogP contribution < -0.4 is 0 Å². The number of carbonyl (C=O) groups is 2. The lowest BCUT2D eigenvalue weighted by Gasteiger charge is -2.31. The van der Waals surface area contributed by atoms with Crippen molar-refractivity contribution in [2.45, 2.75) is 31.8 Å². The number of amides is 1. The number of benzene rings is 1. The first kappa shape index (κ1) is 19.3. The number of likely N-dealkylation sites (tertiary alicyclic amines) is 1. The van der Waals surface area contributed by atoms with Crippen LogP contribution in [-0.4, -0.2) is 62.4 Å². The highest BCUT2D eigenvalue weighted by Crippen LogP contribution is 2.22. The summed E-state index contributed by atoms with van der Waals surface area (Å²) in [6.45, 7) is 5.25. The molecule has 1 aliphatic heterocycles. The molecule has 0 bridgehead atoms. The van der Waals surface area contributed by atoms with Crippen LogP contribution in [0.4, 0.5) is 0 Å². The minimum Gasteiger partial charge on any atom is -0.466 e. The van der Waals surface area contributed by atoms with E-state index in [0.717, 1.165) is 24.1 Å². The van der Waals surface area contributed by atoms with E-state index in [0.29, 0.717) is 24.9 Å². The van der Waals surface area contributed by atoms with Crippen LogP contribution in [0.3, 0.4) is 0 Å². The molecule has 1 aliphatic rings. The Balaban J connectivity index is 1.59. The van der Waals surface area contributed by atoms with Crippen LogP contribution in [0.5, 0.6) is 0 Å². The number of esters is 1. The third kappa shape index (κ3) is 4.85. The van der Waals surface area contributed by atoms with E-state index >= 15 is 0 Å². The smallest absolute Gasteiger partial charge is 0.310 e. The second-order valence-corrected chi connectivity index (χ2v) is 7.37. The maximum atomic E-state index is 12.6. The van der Waals surface area contributed by atoms with Gasteiger partial charge in [0.1, 0.15) is 0 Å². The third-order valence-corrected chi connectivity index (χ3v) is 5.34. The molecule has 9 heteroatoms. The van der Waals surface area contributed by atoms with Gasteiger partial charge in [-0.15, -0.1) is 5.10 Å². The van der Waals surface area contributed by atoms with Gasteiger partial charge in [0.05, 0.1) is 24.0 Å². The molecule has 2 aromatic rings. The van der Waals surface area contributed by atoms with Crippen LogP contribution >= 0.6 is 11.8 Å². The molecule has 8 nitrogen and oxygen atoms in total. The lowest BCUT2D eigenvalue weighted by molar-refractivity contribution is -0.151. The first-order chi connectivity index (χ1) is 13.1. The zero-order valence-electron chi connectivity index (χ0n) is 15.5. The molecule has 2 heterocycles. The summed E-state index contributed by atoms with van der Waals surface area (Å²) in [5, 5.41) is 12.3. The quantitative estimate of drug-likeness (QED) is 0.550. The number of hydrogen-bond acceptors (Lipinski definition) is 7. The maximum absolute atomic E-state index is 12.6. The van der Waals surface area contributed by atoms with Crippen molar-refractivity contribution in [2.24, 2.45) is 5.92 Å². The van der Waals surface area contributed by atoms with E-state index in [4.69, 9.17) is 4.74 Å². The summed E-state index contributed by atoms with van der Waals surface area (Å²) >= 11 is 1.29. The summed E-state index contributed by atoms with van der Waals surface area (Å²) in [6, 6.07) is 7.85. The van der Waals surface area contributed by atoms with Crippen LogP contribution in [0.1, 0.15) is 25.3 Å². The number of rotatable bonds is 6. The Kier molecular flexibility index (Phi) is 6.44. The molecule has 1 amide bonds. The molecular formula is C18H23N5O3S. The fraction of sp³-hybridized carbons (Fsp3) is 0.500. The maximum Gasteiger partial charge on any atom is 0.310 e. The van der Waals surface area contributed by atoms with Gasteiger partial charge in [-0.2, -0.15) is 4.68 Å². The number of aromatic nitrogens is 4. The van der Waals surface area contributed by atoms with Crippen molar-refractivity contribution in [2.75, 3.05) is 25.4 Å². The summed E-state index contributed by atoms with van der Waals surface area (Å²) in [4.78, 5) is 26.3. The summed E-state index contributed by atoms with van der Waals surface area (Å²) in [5.74, 6) is -0.245. The van der Waals surface area contributed by atoms with Crippen molar-refractivity contribution in [1.29, 1.82) is 0 Å². The molecule has 0 aliphatic carbocycles. The Morgan fingerprint density at radius 1 is 1.30 bits per heavy atom. The van der Waals surface area contributed by atoms with Gasteiger partial charge in [0.15, 0.2) is 0 Å². The molecule has 144 valence electrons. The number of aryl methyl sites for hydroxylation is 1. The zero-order valence-corrected chi connectivity index (χ0v) is 16.3. The predicted octanol–water partition coefficient (Wildman–Crippen LogP) is 1.86. The minimum absolute atomic E-state index is 0.0209. The standard InChI is InChI=1S/C18H23N5O3S/c1-3-26-17(25)14-5-4-10-22(11-14)16(24)12-27-18-19-20-21-23(18)15-8-6-13(2)7-9-15/h6-9,14H,3-5,10-12H2,1-2H3/t14-/m1/s1. The van der Waals surface area contributed by atoms with Gasteiger partial charge in [0.2, 0.25) is 11.1 Å². The highest BCUT2D eigenvalue weighted by molar-refractivity contribution is 7.99. The number of piperidine rings is 1. The normalized spacial score (nSPS) is 17.0. The number of hydrogen-bond donors (Lipinski definition) is 0. The Morgan fingerprint density at radius 2 is 2.07 bits per heavy atom. The van der Waals surface area contributed by atoms with Crippen LogP contribution in [0.15, 0.2) is 29.4 Å². The summed E-state index contributed by atoms with van der Waals surface area (Å²) in [7, 11) is 0. The number of ether oxygens (including phenoxy) is 1. The van der Waals surface area contributed by atoms with Gasteiger partial charge in [-0.05, 0) is 49.2 Å². The third-order valence-electron chi connectivity index (χ3n) is 4.44. The first-order valence-corrected chi connectivity index (χ1v) is 9.99. The molecule has 3 rings (SSSR count). The topological polar surface area (TPSA) is 90.2 Å². The Morgan fingerprint density at radius 3 is 2.81 bits per heavy atom. The largest absolute Gasteiger partial charge is 0.466 e. The van der Waals surface area contributed by atoms with E-state index in [1.165, 1.54) is 11.8 Å². The van der Waals surface area contributed by atoms with Crippen LogP contribution in [0.2, 0.25) is 0 Å². The molecule has 0 unspecified atom stereocenters. The predicted molar refractivity (Wildman–Crippen MR) is 101 cm³/mol. The molecule has 0 radical (unpaired) electrons. The van der Waals surface area contributed by atoms with Crippen LogP contribution in [0.25, 0.3) is 5.69 Å². The van der Waals surface area contributed by atoms with Crippen molar-refractivity contribution >= 4 is 23.6 Å². The molecule has 0 spiro atoms. The highest BCUT2D eigenvalue weighted by atomic mass is 32.2. The Bertz CT molecular complexity index is 793. The van der Waals surface area contributed by atoms with Crippen molar-refractivity contribution in [3.8, 4) is 5.69 Å². The summed E-state index contributed by atoms with van der Waals surface area (Å²) in [5.41, 5.74) is 2.00. The molecule has 1 aromatic heterocycles. The molecule has 0 N–H and O–H groups in total. The van der Waals surface area contributed by atoms with Crippen molar-refractivity contribution in [3.05, 3.63) is 29.8 Å². The lowest BCUT2D eigenvalue weighted by atomic mass is 9.98. The monoisotopic (exact) mass is 389 g/mol. The zero-order chi connectivity index (χ0) is 19.2. The lowest BCUT2D eigenvalue weighted by Crippen LogP contribution is -2.43. The van der Waals surface area contributed by atoms with E-state index in [-0.39, 0.29) is 23.5 Å². The number of tetrazole rings is 1. The molecule has 1 atom stereocenters. The van der Waals surface area contributed by atoms with Gasteiger partial charge in [-0.3, -0.25) is 9.59 Å². The molecule has 1 fully saturated rings. The molecular weight excluding hydrogens is 366 g/mol. The second-order valence-electron chi connectivity index (χ2n) is 6.43. The SMILES string of the molecule is CCOC(=O)[C@@H]1CCCN(C(=O)CSc2nnnn2-c2ccc(C)cc2)C1. The molecule has 1 saturated heterocycles. The average molecular weight is 389 g/mol. The van der Waals surface area contributed by atoms with Crippen molar-refractivity contribution in [3.63, 3.8) is 0 Å². The van der Waals surface area contributed by atoms with Gasteiger partial charge >= 0.3 is 5.97 Å². The number of carbonyl (C=O) groups excluding carboxylic acids is 2. The molecule has 27 heavy (non-hydrogen) atoms. The van der Waals surface area contributed by atoms with Crippen molar-refractivity contribution in [1.82, 2.24) is 25.1 Å². The van der Waals surface area contributed by atoms with E-state index in [9.17, 15) is 9.59 Å². The van der Waals surface area contributed by atoms with Gasteiger partial charge in [-0.25, -0.2) is 0 Å². The summed E-state index contributed by atoms with van der Waals surface area (Å²) < 4.78 is 6.71. The van der Waals surface area contributed by atoms with Gasteiger partial charge in [0.25, 0.3) is 0 Å². The molecule has 1 aromatic carbocycles. The van der Waals surface area contributed by atoms with Gasteiger partial charge < -0.3 is 9.64 Å². The fourth-order valence-corrected chi connectivity index (χ4v) is 3.78. The minimum atomic E-state index is -0.231. The fourth-order valence-electron chi connectivity index (χ4n) is 2.99. The van der Waals surface area contributed by atoms with E-state index in [2.05, 4.69) is 15.5 Å². The second kappa shape index (κ2) is 8.98. The number of thioether (sulfide) groups is 1. The molecule has 0 saturated carbocycles. The highest BCUT2D eigenvalue weighted by Gasteiger charge is 2.29. The van der Waals surface area contributed by atoms with Crippen LogP contribution in [0, 0.1) is 12.8 Å². The summed E-state index contributed by atoms with van der Waals surface area (Å²) in [6.07, 6.45) is 1.57. The number of nitrogens with zero attached hydrogens (tertiary/aromatic N) is 5.